The smallest absolute Gasteiger partial charge is 0.349 e. The van der Waals surface area contributed by atoms with Gasteiger partial charge in [0, 0.05) is 33.7 Å². The van der Waals surface area contributed by atoms with Crippen LogP contribution < -0.4 is 32.0 Å². The lowest BCUT2D eigenvalue weighted by molar-refractivity contribution is 0.0701. The van der Waals surface area contributed by atoms with Crippen molar-refractivity contribution in [1.82, 2.24) is 25.3 Å². The molecule has 0 aliphatic carbocycles. The van der Waals surface area contributed by atoms with Crippen molar-refractivity contribution in [1.29, 1.82) is 0 Å². The SMILES string of the molecule is CCOP(=O)(CCN)OCC.CCOP(=O)(CNC(=O)c1ccc(N(C)Cc2ccc3nc(C)[nH]c(=O)c3c2)s1)OCC.Cc1nc2ccc(CN(C)c3ccc(C(=O)O)s3)cc2c(=O)[nH]1. The summed E-state index contributed by atoms with van der Waals surface area (Å²) in [4.78, 5) is 66.5. The first-order chi connectivity index (χ1) is 31.4. The third-order valence-corrected chi connectivity index (χ3v) is 15.5. The lowest BCUT2D eigenvalue weighted by atomic mass is 10.1. The number of aromatic nitrogens is 4. The summed E-state index contributed by atoms with van der Waals surface area (Å²) in [6.07, 6.45) is 0.115. The molecule has 6 aromatic rings. The molecule has 0 unspecified atom stereocenters. The van der Waals surface area contributed by atoms with Gasteiger partial charge >= 0.3 is 21.2 Å². The number of carbonyl (C=O) groups is 2. The summed E-state index contributed by atoms with van der Waals surface area (Å²) in [5.74, 6) is -0.0934. The number of carbonyl (C=O) groups excluding carboxylic acids is 1. The first-order valence-corrected chi connectivity index (χ1v) is 26.0. The van der Waals surface area contributed by atoms with Crippen molar-refractivity contribution in [2.75, 3.05) is 69.3 Å². The number of thiophene rings is 2. The van der Waals surface area contributed by atoms with Crippen LogP contribution in [0.4, 0.5) is 10.0 Å². The number of nitrogens with two attached hydrogens (primary N) is 1. The van der Waals surface area contributed by atoms with Crippen molar-refractivity contribution < 1.29 is 41.9 Å². The van der Waals surface area contributed by atoms with Gasteiger partial charge in [0.1, 0.15) is 22.8 Å². The molecule has 4 heterocycles. The molecular formula is C43H58N8O11P2S2. The van der Waals surface area contributed by atoms with Crippen LogP contribution in [-0.4, -0.2) is 96.4 Å². The Morgan fingerprint density at radius 2 is 1.12 bits per heavy atom. The van der Waals surface area contributed by atoms with E-state index >= 15 is 0 Å². The summed E-state index contributed by atoms with van der Waals surface area (Å²) >= 11 is 2.54. The van der Waals surface area contributed by atoms with Gasteiger partial charge in [0.15, 0.2) is 0 Å². The van der Waals surface area contributed by atoms with Gasteiger partial charge in [-0.2, -0.15) is 0 Å². The quantitative estimate of drug-likeness (QED) is 0.0459. The second-order valence-corrected chi connectivity index (χ2v) is 20.7. The van der Waals surface area contributed by atoms with Crippen molar-refractivity contribution >= 4 is 81.5 Å². The van der Waals surface area contributed by atoms with Crippen molar-refractivity contribution in [3.8, 4) is 0 Å². The molecule has 0 fully saturated rings. The van der Waals surface area contributed by atoms with Crippen LogP contribution >= 0.6 is 37.9 Å². The lowest BCUT2D eigenvalue weighted by Gasteiger charge is -2.18. The summed E-state index contributed by atoms with van der Waals surface area (Å²) in [5.41, 5.74) is 8.16. The minimum atomic E-state index is -3.35. The third-order valence-electron chi connectivity index (χ3n) is 9.13. The van der Waals surface area contributed by atoms with Gasteiger partial charge < -0.3 is 54.0 Å². The molecule has 0 atom stereocenters. The number of hydrogen-bond acceptors (Lipinski definition) is 17. The monoisotopic (exact) mass is 988 g/mol. The summed E-state index contributed by atoms with van der Waals surface area (Å²) in [6.45, 7) is 13.2. The Kier molecular flexibility index (Phi) is 20.4. The summed E-state index contributed by atoms with van der Waals surface area (Å²) < 4.78 is 44.3. The number of H-pyrrole nitrogens is 2. The average Bonchev–Trinajstić information content (AvgIpc) is 3.97. The van der Waals surface area contributed by atoms with Crippen LogP contribution in [0, 0.1) is 13.8 Å². The highest BCUT2D eigenvalue weighted by Gasteiger charge is 2.25. The number of carboxylic acid groups (broad SMARTS) is 1. The summed E-state index contributed by atoms with van der Waals surface area (Å²) in [7, 11) is -2.40. The number of carboxylic acids is 1. The molecule has 1 amide bonds. The summed E-state index contributed by atoms with van der Waals surface area (Å²) in [5, 5.41) is 14.5. The molecule has 23 heteroatoms. The van der Waals surface area contributed by atoms with E-state index in [4.69, 9.17) is 28.9 Å². The van der Waals surface area contributed by atoms with Crippen LogP contribution in [0.1, 0.15) is 69.8 Å². The molecule has 0 spiro atoms. The second-order valence-electron chi connectivity index (χ2n) is 14.4. The van der Waals surface area contributed by atoms with Crippen LogP contribution in [0.15, 0.2) is 70.3 Å². The zero-order valence-corrected chi connectivity index (χ0v) is 41.7. The van der Waals surface area contributed by atoms with Gasteiger partial charge in [0.05, 0.1) is 69.3 Å². The van der Waals surface area contributed by atoms with E-state index in [2.05, 4.69) is 25.3 Å². The Morgan fingerprint density at radius 1 is 0.697 bits per heavy atom. The van der Waals surface area contributed by atoms with Gasteiger partial charge in [0.2, 0.25) is 0 Å². The molecule has 0 bridgehead atoms. The van der Waals surface area contributed by atoms with E-state index in [0.717, 1.165) is 21.1 Å². The number of benzene rings is 2. The van der Waals surface area contributed by atoms with Crippen LogP contribution in [0.2, 0.25) is 0 Å². The lowest BCUT2D eigenvalue weighted by Crippen LogP contribution is -2.25. The molecule has 66 heavy (non-hydrogen) atoms. The minimum Gasteiger partial charge on any atom is -0.477 e. The predicted octanol–water partition coefficient (Wildman–Crippen LogP) is 7.72. The zero-order chi connectivity index (χ0) is 48.6. The number of aryl methyl sites for hydroxylation is 2. The molecule has 0 aliphatic heterocycles. The molecule has 6 N–H and O–H groups in total. The Balaban J connectivity index is 0.000000243. The van der Waals surface area contributed by atoms with Crippen molar-refractivity contribution in [3.63, 3.8) is 0 Å². The number of aromatic amines is 2. The van der Waals surface area contributed by atoms with Gasteiger partial charge in [-0.05, 0) is 101 Å². The highest BCUT2D eigenvalue weighted by molar-refractivity contribution is 7.54. The number of fused-ring (bicyclic) bond motifs is 2. The molecule has 0 aliphatic rings. The predicted molar refractivity (Wildman–Crippen MR) is 262 cm³/mol. The average molecular weight is 989 g/mol. The van der Waals surface area contributed by atoms with E-state index in [1.807, 2.05) is 66.4 Å². The van der Waals surface area contributed by atoms with Gasteiger partial charge in [-0.15, -0.1) is 22.7 Å². The zero-order valence-electron chi connectivity index (χ0n) is 38.2. The molecule has 0 saturated heterocycles. The number of anilines is 2. The normalized spacial score (nSPS) is 11.4. The number of amides is 1. The second kappa shape index (κ2) is 25.2. The van der Waals surface area contributed by atoms with E-state index in [9.17, 15) is 28.3 Å². The number of nitrogens with one attached hydrogen (secondary N) is 3. The van der Waals surface area contributed by atoms with Crippen molar-refractivity contribution in [2.24, 2.45) is 5.73 Å². The molecule has 6 rings (SSSR count). The van der Waals surface area contributed by atoms with Crippen molar-refractivity contribution in [3.05, 3.63) is 114 Å². The number of rotatable bonds is 20. The van der Waals surface area contributed by atoms with Crippen LogP contribution in [0.3, 0.4) is 0 Å². The Bertz CT molecular complexity index is 2760. The Hall–Kier alpha value is -5.08. The number of nitrogens with zero attached hydrogens (tertiary/aromatic N) is 4. The first-order valence-electron chi connectivity index (χ1n) is 21.0. The molecule has 0 radical (unpaired) electrons. The Labute approximate surface area is 390 Å². The highest BCUT2D eigenvalue weighted by atomic mass is 32.1. The molecular weight excluding hydrogens is 931 g/mol. The van der Waals surface area contributed by atoms with E-state index in [-0.39, 0.29) is 36.5 Å². The maximum absolute atomic E-state index is 12.5. The van der Waals surface area contributed by atoms with Gasteiger partial charge in [-0.3, -0.25) is 23.5 Å². The maximum atomic E-state index is 12.5. The van der Waals surface area contributed by atoms with Crippen LogP contribution in [0.5, 0.6) is 0 Å². The van der Waals surface area contributed by atoms with Crippen LogP contribution in [0.25, 0.3) is 21.8 Å². The Morgan fingerprint density at radius 3 is 1.53 bits per heavy atom. The van der Waals surface area contributed by atoms with E-state index < -0.39 is 21.2 Å². The standard InChI is InChI=1S/C21H27N4O5PS.C16H15N3O3S.C6H16NO3P/c1-5-29-31(28,30-6-2)13-22-21(27)18-9-10-19(32-18)25(4)12-15-7-8-17-16(11-15)20(26)24-14(3)23-17;1-9-17-12-4-3-10(7-11(12)15(20)18-9)8-19(2)14-6-5-13(23-14)16(21)22;1-3-9-11(8,6-5-7)10-4-2/h7-11H,5-6,12-13H2,1-4H3,(H,22,27)(H,23,24,26);3-7H,8H2,1-2H3,(H,21,22)(H,17,18,20);3-7H2,1-2H3. The fourth-order valence-electron chi connectivity index (χ4n) is 6.30. The maximum Gasteiger partial charge on any atom is 0.349 e. The van der Waals surface area contributed by atoms with E-state index in [0.29, 0.717) is 82.2 Å². The van der Waals surface area contributed by atoms with Gasteiger partial charge in [-0.1, -0.05) is 12.1 Å². The van der Waals surface area contributed by atoms with Crippen molar-refractivity contribution in [2.45, 2.75) is 54.6 Å². The first kappa shape index (κ1) is 53.5. The fourth-order valence-corrected chi connectivity index (χ4v) is 10.8. The molecule has 0 saturated carbocycles. The van der Waals surface area contributed by atoms with Gasteiger partial charge in [-0.25, -0.2) is 14.8 Å². The minimum absolute atomic E-state index is 0.152. The summed E-state index contributed by atoms with van der Waals surface area (Å²) in [6, 6.07) is 18.1. The highest BCUT2D eigenvalue weighted by Crippen LogP contribution is 2.47. The third kappa shape index (κ3) is 15.5. The number of hydrogen-bond donors (Lipinski definition) is 5. The molecule has 2 aromatic carbocycles. The molecule has 4 aromatic heterocycles. The van der Waals surface area contributed by atoms with Crippen LogP contribution in [-0.2, 0) is 40.3 Å². The fraction of sp³-hybridized carbons (Fsp3) is 0.395. The largest absolute Gasteiger partial charge is 0.477 e. The number of aromatic carboxylic acids is 1. The van der Waals surface area contributed by atoms with Gasteiger partial charge in [0.25, 0.3) is 17.0 Å². The van der Waals surface area contributed by atoms with E-state index in [1.54, 1.807) is 59.7 Å². The molecule has 19 nitrogen and oxygen atoms in total. The molecule has 358 valence electrons. The topological polar surface area (TPSA) is 261 Å². The van der Waals surface area contributed by atoms with E-state index in [1.165, 1.54) is 22.7 Å².